The highest BCUT2D eigenvalue weighted by molar-refractivity contribution is 7.61. The van der Waals surface area contributed by atoms with Crippen LogP contribution in [0.1, 0.15) is 129 Å². The number of ether oxygens (including phenoxy) is 3. The minimum absolute atomic E-state index is 0.00620. The number of phosphoric ester groups is 2. The Morgan fingerprint density at radius 1 is 0.720 bits per heavy atom. The van der Waals surface area contributed by atoms with Gasteiger partial charge in [-0.05, 0) is 89.5 Å². The molecule has 21 heteroatoms. The van der Waals surface area contributed by atoms with Gasteiger partial charge in [-0.2, -0.15) is 9.29 Å². The van der Waals surface area contributed by atoms with E-state index in [4.69, 9.17) is 29.0 Å². The number of aliphatic hydroxyl groups is 3. The van der Waals surface area contributed by atoms with Crippen LogP contribution in [0.5, 0.6) is 0 Å². The van der Waals surface area contributed by atoms with E-state index in [0.29, 0.717) is 12.8 Å². The van der Waals surface area contributed by atoms with Gasteiger partial charge in [-0.25, -0.2) is 13.9 Å². The summed E-state index contributed by atoms with van der Waals surface area (Å²) in [5.74, 6) is -1.57. The van der Waals surface area contributed by atoms with Crippen LogP contribution in [0.15, 0.2) is 139 Å². The smallest absolute Gasteiger partial charge is 0.462 e. The van der Waals surface area contributed by atoms with Crippen LogP contribution < -0.4 is 11.4 Å². The van der Waals surface area contributed by atoms with Crippen molar-refractivity contribution in [3.8, 4) is 0 Å². The summed E-state index contributed by atoms with van der Waals surface area (Å²) in [6.07, 6.45) is 44.6. The maximum atomic E-state index is 12.9. The molecule has 0 amide bonds. The first-order valence-corrected chi connectivity index (χ1v) is 28.6. The molecule has 75 heavy (non-hydrogen) atoms. The number of unbranched alkanes of at least 4 members (excludes halogenated alkanes) is 4. The molecule has 1 fully saturated rings. The van der Waals surface area contributed by atoms with E-state index in [1.165, 1.54) is 25.3 Å². The van der Waals surface area contributed by atoms with Crippen molar-refractivity contribution in [2.45, 2.75) is 160 Å². The summed E-state index contributed by atoms with van der Waals surface area (Å²) in [5, 5.41) is 31.2. The Hall–Kier alpha value is -4.88. The molecule has 19 nitrogen and oxygen atoms in total. The number of hydrogen-bond donors (Lipinski definition) is 6. The summed E-state index contributed by atoms with van der Waals surface area (Å²) < 4.78 is 56.5. The van der Waals surface area contributed by atoms with E-state index in [1.54, 1.807) is 24.3 Å². The zero-order valence-electron chi connectivity index (χ0n) is 43.4. The molecule has 1 aliphatic heterocycles. The predicted octanol–water partition coefficient (Wildman–Crippen LogP) is 9.74. The van der Waals surface area contributed by atoms with E-state index in [0.717, 1.165) is 62.1 Å². The van der Waals surface area contributed by atoms with Gasteiger partial charge < -0.3 is 45.1 Å². The molecule has 1 saturated heterocycles. The van der Waals surface area contributed by atoms with Crippen molar-refractivity contribution < 1.29 is 71.4 Å². The van der Waals surface area contributed by atoms with Gasteiger partial charge in [0.05, 0.1) is 19.3 Å². The second-order valence-corrected chi connectivity index (χ2v) is 20.2. The first-order chi connectivity index (χ1) is 36.1. The van der Waals surface area contributed by atoms with Crippen LogP contribution in [0.3, 0.4) is 0 Å². The molecule has 1 aromatic heterocycles. The van der Waals surface area contributed by atoms with Gasteiger partial charge in [0.15, 0.2) is 12.3 Å². The molecular formula is C54H81N3O16P2. The summed E-state index contributed by atoms with van der Waals surface area (Å²) in [6, 6.07) is 1.23. The van der Waals surface area contributed by atoms with Gasteiger partial charge >= 0.3 is 33.3 Å². The van der Waals surface area contributed by atoms with Gasteiger partial charge in [-0.3, -0.25) is 23.2 Å². The highest BCUT2D eigenvalue weighted by Crippen LogP contribution is 2.60. The lowest BCUT2D eigenvalue weighted by Crippen LogP contribution is -2.36. The number of nitrogens with zero attached hydrogens (tertiary/aromatic N) is 2. The molecule has 1 aliphatic rings. The normalized spacial score (nSPS) is 20.2. The zero-order valence-corrected chi connectivity index (χ0v) is 45.2. The van der Waals surface area contributed by atoms with Gasteiger partial charge in [-0.1, -0.05) is 148 Å². The van der Waals surface area contributed by atoms with E-state index >= 15 is 0 Å². The second kappa shape index (κ2) is 40.4. The van der Waals surface area contributed by atoms with E-state index in [-0.39, 0.29) is 31.5 Å². The number of rotatable bonds is 40. The standard InChI is InChI=1S/C54H81N3O16P2/c1-3-5-7-9-11-13-15-17-18-19-20-22-24-26-28-30-34-38-49(59)68-42-46(71-50(60)39-35-31-33-37-45(58)36-32-29-27-25-23-21-16-14-12-10-8-6-4-2)43-69-74(64,65)73-75(66,67)70-44-47-51(61)52(62)53(72-47)57-41-40-48(55)56-54(57)63/h6,8,11-14,17-18,20-23,26-29,31-33,36,40-41,45-47,51-53,58,61-62H,3-5,7,9-10,15-16,19,24-25,30,34-35,37-39,42-44H2,1-2H3,(H,64,65)(H,66,67)(H2,55,56,63)/b8-6-,13-11-,14-12-,18-17-,22-20-,23-21-,28-26-,29-27-,33-31-,36-32-/t45?,46-,47-,51-,52-,53-/m1/s1. The number of aromatic nitrogens is 2. The van der Waals surface area contributed by atoms with Gasteiger partial charge in [-0.15, -0.1) is 0 Å². The van der Waals surface area contributed by atoms with Crippen LogP contribution >= 0.6 is 15.6 Å². The Kier molecular flexibility index (Phi) is 35.7. The van der Waals surface area contributed by atoms with Gasteiger partial charge in [0.25, 0.3) is 0 Å². The quantitative estimate of drug-likeness (QED) is 0.0117. The number of anilines is 1. The highest BCUT2D eigenvalue weighted by Gasteiger charge is 2.46. The lowest BCUT2D eigenvalue weighted by molar-refractivity contribution is -0.161. The second-order valence-electron chi connectivity index (χ2n) is 17.1. The fraction of sp³-hybridized carbons (Fsp3) is 0.519. The van der Waals surface area contributed by atoms with Crippen LogP contribution in [-0.2, 0) is 46.3 Å². The molecule has 8 atom stereocenters. The maximum absolute atomic E-state index is 12.9. The SMILES string of the molecule is CC/C=C\C/C=C\C/C=C\C/C=C\C=C/C(O)C/C=C\CCC(=O)O[C@H](COC(=O)CCC/C=C\C/C=C\C/C=C\C/C=C\CCCCC)COP(=O)(O)OP(=O)(O)OC[C@H]1O[C@@H](n2ccc(N)nc2=O)[C@H](O)[C@@H]1O. The van der Waals surface area contributed by atoms with Crippen LogP contribution in [0, 0.1) is 0 Å². The third-order valence-electron chi connectivity index (χ3n) is 10.6. The molecule has 2 heterocycles. The molecule has 7 N–H and O–H groups in total. The molecule has 0 aromatic carbocycles. The lowest BCUT2D eigenvalue weighted by Gasteiger charge is -2.21. The molecule has 0 bridgehead atoms. The third kappa shape index (κ3) is 33.0. The molecule has 0 spiro atoms. The first kappa shape index (κ1) is 66.2. The van der Waals surface area contributed by atoms with E-state index in [2.05, 4.69) is 96.1 Å². The van der Waals surface area contributed by atoms with Gasteiger partial charge in [0, 0.05) is 19.0 Å². The monoisotopic (exact) mass is 1090 g/mol. The van der Waals surface area contributed by atoms with Gasteiger partial charge in [0.2, 0.25) is 0 Å². The molecule has 0 aliphatic carbocycles. The van der Waals surface area contributed by atoms with Crippen LogP contribution in [0.4, 0.5) is 5.82 Å². The fourth-order valence-corrected chi connectivity index (χ4v) is 8.76. The molecule has 0 radical (unpaired) electrons. The third-order valence-corrected chi connectivity index (χ3v) is 13.2. The molecule has 418 valence electrons. The largest absolute Gasteiger partial charge is 0.481 e. The number of carbonyl (C=O) groups excluding carboxylic acids is 2. The Labute approximate surface area is 442 Å². The van der Waals surface area contributed by atoms with Crippen molar-refractivity contribution in [1.82, 2.24) is 9.55 Å². The Morgan fingerprint density at radius 2 is 1.29 bits per heavy atom. The number of phosphoric acid groups is 2. The summed E-state index contributed by atoms with van der Waals surface area (Å²) in [6.45, 7) is 1.77. The average molecular weight is 1090 g/mol. The Bertz CT molecular complexity index is 2250. The summed E-state index contributed by atoms with van der Waals surface area (Å²) in [5.41, 5.74) is 4.56. The zero-order chi connectivity index (χ0) is 55.0. The molecule has 2 rings (SSSR count). The van der Waals surface area contributed by atoms with Crippen molar-refractivity contribution in [2.24, 2.45) is 0 Å². The number of aliphatic hydroxyl groups excluding tert-OH is 3. The minimum atomic E-state index is -5.49. The number of carbonyl (C=O) groups is 2. The number of allylic oxidation sites excluding steroid dienone is 18. The summed E-state index contributed by atoms with van der Waals surface area (Å²) >= 11 is 0. The van der Waals surface area contributed by atoms with Crippen LogP contribution in [-0.4, -0.2) is 96.9 Å². The minimum Gasteiger partial charge on any atom is -0.462 e. The topological polar surface area (TPSA) is 286 Å². The number of nitrogen functional groups attached to an aromatic ring is 1. The van der Waals surface area contributed by atoms with E-state index in [1.807, 2.05) is 24.3 Å². The van der Waals surface area contributed by atoms with E-state index < -0.39 is 89.8 Å². The van der Waals surface area contributed by atoms with Crippen molar-refractivity contribution in [1.29, 1.82) is 0 Å². The lowest BCUT2D eigenvalue weighted by atomic mass is 10.1. The van der Waals surface area contributed by atoms with Crippen molar-refractivity contribution >= 4 is 33.4 Å². The van der Waals surface area contributed by atoms with Crippen molar-refractivity contribution in [2.75, 3.05) is 25.6 Å². The summed E-state index contributed by atoms with van der Waals surface area (Å²) in [4.78, 5) is 61.9. The van der Waals surface area contributed by atoms with Crippen LogP contribution in [0.2, 0.25) is 0 Å². The van der Waals surface area contributed by atoms with Crippen molar-refractivity contribution in [3.63, 3.8) is 0 Å². The summed E-state index contributed by atoms with van der Waals surface area (Å²) in [7, 11) is -11.0. The molecule has 0 saturated carbocycles. The fourth-order valence-electron chi connectivity index (χ4n) is 6.65. The maximum Gasteiger partial charge on any atom is 0.481 e. The first-order valence-electron chi connectivity index (χ1n) is 25.7. The molecule has 1 aromatic rings. The Morgan fingerprint density at radius 3 is 1.91 bits per heavy atom. The van der Waals surface area contributed by atoms with E-state index in [9.17, 15) is 48.6 Å². The van der Waals surface area contributed by atoms with Crippen molar-refractivity contribution in [3.05, 3.63) is 144 Å². The number of nitrogens with two attached hydrogens (primary N) is 1. The average Bonchev–Trinajstić information content (AvgIpc) is 3.64. The van der Waals surface area contributed by atoms with Gasteiger partial charge in [0.1, 0.15) is 30.7 Å². The molecule has 3 unspecified atom stereocenters. The highest BCUT2D eigenvalue weighted by atomic mass is 31.3. The predicted molar refractivity (Wildman–Crippen MR) is 290 cm³/mol. The number of esters is 2. The molecular weight excluding hydrogens is 1010 g/mol. The number of hydrogen-bond acceptors (Lipinski definition) is 16. The Balaban J connectivity index is 1.89. The van der Waals surface area contributed by atoms with Crippen LogP contribution in [0.25, 0.3) is 0 Å².